The minimum Gasteiger partial charge on any atom is -0.388 e. The molecule has 0 aromatic rings. The van der Waals surface area contributed by atoms with Crippen LogP contribution in [-0.2, 0) is 23.8 Å². The first-order chi connectivity index (χ1) is 12.2. The summed E-state index contributed by atoms with van der Waals surface area (Å²) < 4.78 is 14.3. The summed E-state index contributed by atoms with van der Waals surface area (Å²) in [5, 5.41) is 66.7. The van der Waals surface area contributed by atoms with Gasteiger partial charge in [-0.3, -0.25) is 10.5 Å². The second-order valence-electron chi connectivity index (χ2n) is 4.42. The predicted molar refractivity (Wildman–Crippen MR) is 76.9 cm³/mol. The average molecular weight is 394 g/mol. The molecule has 3 rings (SSSR count). The highest BCUT2D eigenvalue weighted by Crippen LogP contribution is 2.25. The molecule has 158 valence electrons. The number of ether oxygens (including phenoxy) is 3. The Balaban J connectivity index is -0.000000255. The molecule has 0 aromatic carbocycles. The lowest BCUT2D eigenvalue weighted by atomic mass is 10.4. The summed E-state index contributed by atoms with van der Waals surface area (Å²) in [7, 11) is 0. The van der Waals surface area contributed by atoms with Crippen molar-refractivity contribution in [2.24, 2.45) is 0 Å². The summed E-state index contributed by atoms with van der Waals surface area (Å²) in [6, 6.07) is 0. The second-order valence-corrected chi connectivity index (χ2v) is 4.42. The molecule has 0 aliphatic carbocycles. The van der Waals surface area contributed by atoms with Gasteiger partial charge in [-0.15, -0.1) is 0 Å². The Labute approximate surface area is 148 Å². The van der Waals surface area contributed by atoms with Crippen molar-refractivity contribution in [3.63, 3.8) is 0 Å². The van der Waals surface area contributed by atoms with Crippen molar-refractivity contribution in [2.45, 2.75) is 44.1 Å². The normalized spacial score (nSPS) is 21.4. The molecule has 0 saturated carbocycles. The largest absolute Gasteiger partial charge is 0.388 e. The summed E-state index contributed by atoms with van der Waals surface area (Å²) in [6.07, 6.45) is -5.47. The highest BCUT2D eigenvalue weighted by atomic mass is 17.0. The Hall–Kier alpha value is -1.10. The zero-order valence-electron chi connectivity index (χ0n) is 13.9. The molecule has 3 heterocycles. The van der Waals surface area contributed by atoms with Crippen LogP contribution in [-0.4, -0.2) is 116 Å². The van der Waals surface area contributed by atoms with Crippen molar-refractivity contribution >= 4 is 6.15 Å². The molecular formula is C12H26O14. The summed E-state index contributed by atoms with van der Waals surface area (Å²) >= 11 is 0. The Kier molecular flexibility index (Phi) is 23.1. The fraction of sp³-hybridized carbons (Fsp3) is 0.917. The number of hydrogen-bond acceptors (Lipinski definition) is 14. The molecule has 14 nitrogen and oxygen atoms in total. The highest BCUT2D eigenvalue weighted by molar-refractivity contribution is 5.20. The second kappa shape index (κ2) is 20.2. The molecule has 0 bridgehead atoms. The maximum absolute atomic E-state index is 8.13. The number of aliphatic hydroxyl groups is 7. The van der Waals surface area contributed by atoms with Gasteiger partial charge in [-0.25, -0.2) is 0 Å². The fourth-order valence-electron chi connectivity index (χ4n) is 0.540. The number of hydrogen-bond donors (Lipinski definition) is 9. The van der Waals surface area contributed by atoms with E-state index in [1.54, 1.807) is 0 Å². The van der Waals surface area contributed by atoms with Gasteiger partial charge in [-0.2, -0.15) is 9.59 Å². The molecule has 0 spiro atoms. The van der Waals surface area contributed by atoms with Gasteiger partial charge in [0.05, 0.1) is 26.4 Å². The van der Waals surface area contributed by atoms with Crippen LogP contribution in [0.25, 0.3) is 0 Å². The van der Waals surface area contributed by atoms with Crippen molar-refractivity contribution in [3.05, 3.63) is 0 Å². The quantitative estimate of drug-likeness (QED) is 0.0946. The zero-order chi connectivity index (χ0) is 21.1. The van der Waals surface area contributed by atoms with Gasteiger partial charge in [0.15, 0.2) is 6.29 Å². The first-order valence-electron chi connectivity index (χ1n) is 6.94. The number of epoxide rings is 3. The van der Waals surface area contributed by atoms with Crippen molar-refractivity contribution in [1.29, 1.82) is 0 Å². The molecular weight excluding hydrogens is 368 g/mol. The van der Waals surface area contributed by atoms with Gasteiger partial charge < -0.3 is 50.0 Å². The minimum absolute atomic E-state index is 0.250. The molecule has 0 aromatic heterocycles. The van der Waals surface area contributed by atoms with E-state index in [2.05, 4.69) is 4.74 Å². The lowest BCUT2D eigenvalue weighted by Gasteiger charge is -2.02. The zero-order valence-corrected chi connectivity index (χ0v) is 13.9. The molecule has 3 atom stereocenters. The Morgan fingerprint density at radius 2 is 0.962 bits per heavy atom. The van der Waals surface area contributed by atoms with Crippen molar-refractivity contribution in [1.82, 2.24) is 0 Å². The highest BCUT2D eigenvalue weighted by Gasteiger charge is 2.41. The van der Waals surface area contributed by atoms with E-state index in [0.29, 0.717) is 12.2 Å². The number of aliphatic hydroxyl groups excluding tert-OH is 4. The van der Waals surface area contributed by atoms with Crippen LogP contribution in [0.15, 0.2) is 0 Å². The third-order valence-electron chi connectivity index (χ3n) is 2.04. The summed E-state index contributed by atoms with van der Waals surface area (Å²) in [5.41, 5.74) is 0. The summed E-state index contributed by atoms with van der Waals surface area (Å²) in [6.45, 7) is 5.17. The predicted octanol–water partition coefficient (Wildman–Crippen LogP) is -4.48. The molecule has 0 radical (unpaired) electrons. The molecule has 3 aliphatic rings. The molecule has 3 aliphatic heterocycles. The van der Waals surface area contributed by atoms with E-state index < -0.39 is 25.0 Å². The van der Waals surface area contributed by atoms with Crippen LogP contribution in [0.3, 0.4) is 0 Å². The van der Waals surface area contributed by atoms with E-state index in [-0.39, 0.29) is 6.15 Å². The van der Waals surface area contributed by atoms with Crippen LogP contribution in [0.5, 0.6) is 0 Å². The maximum atomic E-state index is 8.13. The Morgan fingerprint density at radius 3 is 1.00 bits per heavy atom. The van der Waals surface area contributed by atoms with Gasteiger partial charge >= 0.3 is 6.15 Å². The van der Waals surface area contributed by atoms with Crippen LogP contribution >= 0.6 is 0 Å². The SMILES string of the molecule is C1CO1.C1OC1C1CO1.CC(O)C(O)O.O=C=O.OC(O)C(O)O.OO. The molecule has 3 saturated heterocycles. The topological polar surface area (TPSA) is 254 Å². The number of rotatable bonds is 3. The van der Waals surface area contributed by atoms with Crippen LogP contribution in [0.1, 0.15) is 6.92 Å². The average Bonchev–Trinajstić information content (AvgIpc) is 3.47. The van der Waals surface area contributed by atoms with Gasteiger partial charge in [0, 0.05) is 0 Å². The first-order valence-corrected chi connectivity index (χ1v) is 6.94. The minimum atomic E-state index is -2.04. The van der Waals surface area contributed by atoms with E-state index in [1.807, 2.05) is 0 Å². The third kappa shape index (κ3) is 34.3. The molecule has 3 unspecified atom stereocenters. The van der Waals surface area contributed by atoms with Gasteiger partial charge in [0.1, 0.15) is 18.3 Å². The van der Waals surface area contributed by atoms with E-state index in [1.165, 1.54) is 6.92 Å². The number of carbonyl (C=O) groups excluding carboxylic acids is 2. The van der Waals surface area contributed by atoms with E-state index in [9.17, 15) is 0 Å². The van der Waals surface area contributed by atoms with Gasteiger partial charge in [0.2, 0.25) is 12.6 Å². The molecule has 0 amide bonds. The first kappa shape index (κ1) is 29.7. The van der Waals surface area contributed by atoms with Crippen molar-refractivity contribution in [2.75, 3.05) is 26.4 Å². The Morgan fingerprint density at radius 1 is 0.769 bits per heavy atom. The maximum Gasteiger partial charge on any atom is 0.373 e. The van der Waals surface area contributed by atoms with Gasteiger partial charge in [0.25, 0.3) is 0 Å². The van der Waals surface area contributed by atoms with Gasteiger partial charge in [-0.1, -0.05) is 0 Å². The monoisotopic (exact) mass is 394 g/mol. The fourth-order valence-corrected chi connectivity index (χ4v) is 0.540. The van der Waals surface area contributed by atoms with Crippen molar-refractivity contribution < 1.29 is 70.1 Å². The summed E-state index contributed by atoms with van der Waals surface area (Å²) in [4.78, 5) is 16.2. The van der Waals surface area contributed by atoms with Crippen LogP contribution < -0.4 is 0 Å². The van der Waals surface area contributed by atoms with Crippen LogP contribution in [0.2, 0.25) is 0 Å². The lowest BCUT2D eigenvalue weighted by Crippen LogP contribution is -2.23. The standard InChI is InChI=1S/C4H6O2.C3H8O3.C2H6O4.C2H4O.CO2.H2O2/c1-3(5-1)4-2-6-4;1-2(4)3(5)6;3-1(4)2(5)6;1-2-3-1;2-1-3;1-2/h3-4H,1-2H2;2-6H,1H3;1-6H;1-2H2;;1-2H. The molecule has 26 heavy (non-hydrogen) atoms. The van der Waals surface area contributed by atoms with E-state index in [4.69, 9.17) is 65.3 Å². The summed E-state index contributed by atoms with van der Waals surface area (Å²) in [5.74, 6) is 0. The molecule has 3 fully saturated rings. The lowest BCUT2D eigenvalue weighted by molar-refractivity contribution is -0.207. The third-order valence-corrected chi connectivity index (χ3v) is 2.04. The molecule has 14 heteroatoms. The van der Waals surface area contributed by atoms with Gasteiger partial charge in [-0.05, 0) is 6.92 Å². The van der Waals surface area contributed by atoms with Crippen LogP contribution in [0, 0.1) is 0 Å². The van der Waals surface area contributed by atoms with Crippen LogP contribution in [0.4, 0.5) is 0 Å². The Bertz CT molecular complexity index is 268. The smallest absolute Gasteiger partial charge is 0.373 e. The van der Waals surface area contributed by atoms with E-state index >= 15 is 0 Å². The van der Waals surface area contributed by atoms with Crippen molar-refractivity contribution in [3.8, 4) is 0 Å². The molecule has 9 N–H and O–H groups in total. The van der Waals surface area contributed by atoms with E-state index in [0.717, 1.165) is 26.4 Å².